The Kier molecular flexibility index (Phi) is 2.76. The molecule has 1 aliphatic rings. The molecule has 2 atom stereocenters. The highest BCUT2D eigenvalue weighted by atomic mass is 79.9. The molecule has 1 aromatic carbocycles. The van der Waals surface area contributed by atoms with Crippen molar-refractivity contribution in [1.29, 1.82) is 0 Å². The molecule has 0 bridgehead atoms. The van der Waals surface area contributed by atoms with Gasteiger partial charge in [-0.3, -0.25) is 0 Å². The van der Waals surface area contributed by atoms with Crippen molar-refractivity contribution in [3.05, 3.63) is 28.2 Å². The van der Waals surface area contributed by atoms with E-state index in [0.29, 0.717) is 12.2 Å². The van der Waals surface area contributed by atoms with Crippen LogP contribution in [0, 0.1) is 0 Å². The van der Waals surface area contributed by atoms with E-state index in [-0.39, 0.29) is 12.7 Å². The summed E-state index contributed by atoms with van der Waals surface area (Å²) in [5.41, 5.74) is 0.790. The highest BCUT2D eigenvalue weighted by Crippen LogP contribution is 2.36. The molecule has 0 aromatic heterocycles. The molecule has 0 spiro atoms. The second kappa shape index (κ2) is 3.88. The first-order chi connectivity index (χ1) is 6.70. The molecule has 1 unspecified atom stereocenters. The van der Waals surface area contributed by atoms with Crippen LogP contribution in [0.25, 0.3) is 0 Å². The molecule has 1 aliphatic heterocycles. The second-order valence-electron chi connectivity index (χ2n) is 3.36. The van der Waals surface area contributed by atoms with Crippen molar-refractivity contribution in [2.75, 3.05) is 6.61 Å². The lowest BCUT2D eigenvalue weighted by Gasteiger charge is -2.28. The summed E-state index contributed by atoms with van der Waals surface area (Å²) in [6.45, 7) is -0.0665. The molecule has 1 heterocycles. The average molecular weight is 259 g/mol. The Hall–Kier alpha value is -0.580. The van der Waals surface area contributed by atoms with Crippen LogP contribution in [0.1, 0.15) is 18.1 Å². The molecule has 0 saturated carbocycles. The number of hydrogen-bond acceptors (Lipinski definition) is 3. The van der Waals surface area contributed by atoms with E-state index in [1.54, 1.807) is 6.07 Å². The van der Waals surface area contributed by atoms with Gasteiger partial charge in [-0.05, 0) is 12.1 Å². The topological polar surface area (TPSA) is 49.7 Å². The largest absolute Gasteiger partial charge is 0.487 e. The first kappa shape index (κ1) is 9.96. The van der Waals surface area contributed by atoms with E-state index >= 15 is 0 Å². The molecular weight excluding hydrogens is 248 g/mol. The van der Waals surface area contributed by atoms with Gasteiger partial charge in [-0.15, -0.1) is 0 Å². The SMILES string of the molecule is OCC1C[C@@H](O)c2ccc(Br)cc2O1. The van der Waals surface area contributed by atoms with Gasteiger partial charge in [0, 0.05) is 16.5 Å². The quantitative estimate of drug-likeness (QED) is 0.805. The molecule has 2 N–H and O–H groups in total. The molecule has 0 radical (unpaired) electrons. The number of hydrogen-bond donors (Lipinski definition) is 2. The normalized spacial score (nSPS) is 25.4. The molecule has 0 aliphatic carbocycles. The number of aliphatic hydroxyl groups excluding tert-OH is 2. The predicted molar refractivity (Wildman–Crippen MR) is 55.2 cm³/mol. The summed E-state index contributed by atoms with van der Waals surface area (Å²) >= 11 is 3.33. The van der Waals surface area contributed by atoms with Crippen LogP contribution in [0.2, 0.25) is 0 Å². The zero-order valence-corrected chi connectivity index (χ0v) is 9.07. The molecule has 0 amide bonds. The summed E-state index contributed by atoms with van der Waals surface area (Å²) in [4.78, 5) is 0. The zero-order chi connectivity index (χ0) is 10.1. The minimum atomic E-state index is -0.538. The Bertz CT molecular complexity index is 340. The summed E-state index contributed by atoms with van der Waals surface area (Å²) < 4.78 is 6.40. The number of aliphatic hydroxyl groups is 2. The molecule has 1 aromatic rings. The van der Waals surface area contributed by atoms with Crippen LogP contribution in [-0.4, -0.2) is 22.9 Å². The van der Waals surface area contributed by atoms with Crippen molar-refractivity contribution in [3.63, 3.8) is 0 Å². The number of ether oxygens (including phenoxy) is 1. The minimum Gasteiger partial charge on any atom is -0.487 e. The van der Waals surface area contributed by atoms with Gasteiger partial charge in [-0.2, -0.15) is 0 Å². The standard InChI is InChI=1S/C10H11BrO3/c11-6-1-2-8-9(13)4-7(5-12)14-10(8)3-6/h1-3,7,9,12-13H,4-5H2/t7?,9-/m1/s1. The molecular formula is C10H11BrO3. The van der Waals surface area contributed by atoms with Crippen molar-refractivity contribution in [1.82, 2.24) is 0 Å². The molecule has 14 heavy (non-hydrogen) atoms. The molecule has 2 rings (SSSR count). The summed E-state index contributed by atoms with van der Waals surface area (Å²) in [7, 11) is 0. The van der Waals surface area contributed by atoms with E-state index in [9.17, 15) is 5.11 Å². The smallest absolute Gasteiger partial charge is 0.126 e. The third-order valence-electron chi connectivity index (χ3n) is 2.32. The van der Waals surface area contributed by atoms with E-state index in [1.807, 2.05) is 12.1 Å². The van der Waals surface area contributed by atoms with Crippen molar-refractivity contribution in [2.24, 2.45) is 0 Å². The van der Waals surface area contributed by atoms with Crippen LogP contribution in [0.4, 0.5) is 0 Å². The van der Waals surface area contributed by atoms with Crippen LogP contribution in [-0.2, 0) is 0 Å². The lowest BCUT2D eigenvalue weighted by atomic mass is 9.99. The first-order valence-corrected chi connectivity index (χ1v) is 5.25. The predicted octanol–water partition coefficient (Wildman–Crippen LogP) is 1.63. The highest BCUT2D eigenvalue weighted by Gasteiger charge is 2.26. The van der Waals surface area contributed by atoms with E-state index in [0.717, 1.165) is 10.0 Å². The van der Waals surface area contributed by atoms with Gasteiger partial charge in [0.15, 0.2) is 0 Å². The Balaban J connectivity index is 2.35. The molecule has 76 valence electrons. The van der Waals surface area contributed by atoms with Gasteiger partial charge in [0.25, 0.3) is 0 Å². The third-order valence-corrected chi connectivity index (χ3v) is 2.81. The lowest BCUT2D eigenvalue weighted by Crippen LogP contribution is -2.28. The number of fused-ring (bicyclic) bond motifs is 1. The van der Waals surface area contributed by atoms with Crippen molar-refractivity contribution < 1.29 is 14.9 Å². The first-order valence-electron chi connectivity index (χ1n) is 4.45. The molecule has 0 saturated heterocycles. The van der Waals surface area contributed by atoms with Gasteiger partial charge >= 0.3 is 0 Å². The highest BCUT2D eigenvalue weighted by molar-refractivity contribution is 9.10. The van der Waals surface area contributed by atoms with Crippen LogP contribution >= 0.6 is 15.9 Å². The van der Waals surface area contributed by atoms with Crippen LogP contribution in [0.5, 0.6) is 5.75 Å². The number of benzene rings is 1. The molecule has 3 nitrogen and oxygen atoms in total. The van der Waals surface area contributed by atoms with E-state index in [1.165, 1.54) is 0 Å². The van der Waals surface area contributed by atoms with Crippen molar-refractivity contribution in [3.8, 4) is 5.75 Å². The Morgan fingerprint density at radius 2 is 2.29 bits per heavy atom. The maximum Gasteiger partial charge on any atom is 0.126 e. The average Bonchev–Trinajstić information content (AvgIpc) is 2.16. The Morgan fingerprint density at radius 1 is 1.50 bits per heavy atom. The lowest BCUT2D eigenvalue weighted by molar-refractivity contribution is 0.0332. The Morgan fingerprint density at radius 3 is 3.00 bits per heavy atom. The van der Waals surface area contributed by atoms with Gasteiger partial charge < -0.3 is 14.9 Å². The third kappa shape index (κ3) is 1.78. The van der Waals surface area contributed by atoms with E-state index in [2.05, 4.69) is 15.9 Å². The van der Waals surface area contributed by atoms with E-state index < -0.39 is 6.10 Å². The maximum atomic E-state index is 9.75. The Labute approximate surface area is 90.5 Å². The summed E-state index contributed by atoms with van der Waals surface area (Å²) in [6, 6.07) is 5.50. The summed E-state index contributed by atoms with van der Waals surface area (Å²) in [6.07, 6.45) is -0.388. The second-order valence-corrected chi connectivity index (χ2v) is 4.27. The molecule has 0 fully saturated rings. The fraction of sp³-hybridized carbons (Fsp3) is 0.400. The zero-order valence-electron chi connectivity index (χ0n) is 7.48. The maximum absolute atomic E-state index is 9.75. The minimum absolute atomic E-state index is 0.0665. The fourth-order valence-electron chi connectivity index (χ4n) is 1.60. The van der Waals surface area contributed by atoms with Gasteiger partial charge in [0.2, 0.25) is 0 Å². The van der Waals surface area contributed by atoms with Crippen LogP contribution < -0.4 is 4.74 Å². The van der Waals surface area contributed by atoms with Crippen molar-refractivity contribution in [2.45, 2.75) is 18.6 Å². The van der Waals surface area contributed by atoms with Crippen LogP contribution in [0.15, 0.2) is 22.7 Å². The van der Waals surface area contributed by atoms with Crippen molar-refractivity contribution >= 4 is 15.9 Å². The van der Waals surface area contributed by atoms with Gasteiger partial charge in [-0.25, -0.2) is 0 Å². The monoisotopic (exact) mass is 258 g/mol. The van der Waals surface area contributed by atoms with E-state index in [4.69, 9.17) is 9.84 Å². The summed E-state index contributed by atoms with van der Waals surface area (Å²) in [5, 5.41) is 18.7. The van der Waals surface area contributed by atoms with Gasteiger partial charge in [0.05, 0.1) is 12.7 Å². The van der Waals surface area contributed by atoms with Gasteiger partial charge in [0.1, 0.15) is 11.9 Å². The fourth-order valence-corrected chi connectivity index (χ4v) is 1.94. The van der Waals surface area contributed by atoms with Gasteiger partial charge in [-0.1, -0.05) is 22.0 Å². The summed E-state index contributed by atoms with van der Waals surface area (Å²) in [5.74, 6) is 0.650. The number of rotatable bonds is 1. The number of halogens is 1. The molecule has 4 heteroatoms. The van der Waals surface area contributed by atoms with Crippen LogP contribution in [0.3, 0.4) is 0 Å².